The number of fused-ring (bicyclic) bond motifs is 1. The van der Waals surface area contributed by atoms with E-state index >= 15 is 0 Å². The molecule has 0 aromatic heterocycles. The minimum absolute atomic E-state index is 0. The van der Waals surface area contributed by atoms with Crippen molar-refractivity contribution in [2.24, 2.45) is 0 Å². The van der Waals surface area contributed by atoms with Gasteiger partial charge in [0.25, 0.3) is 0 Å². The number of nitrogens with zero attached hydrogens (tertiary/aromatic N) is 1. The molecule has 2 aromatic carbocycles. The molecule has 2 aliphatic heterocycles. The van der Waals surface area contributed by atoms with E-state index in [1.165, 1.54) is 11.1 Å². The Morgan fingerprint density at radius 1 is 1.07 bits per heavy atom. The molecule has 1 fully saturated rings. The van der Waals surface area contributed by atoms with Gasteiger partial charge in [-0.25, -0.2) is 0 Å². The summed E-state index contributed by atoms with van der Waals surface area (Å²) in [4.78, 5) is 15.5. The molecule has 0 bridgehead atoms. The molecule has 4 rings (SSSR count). The summed E-state index contributed by atoms with van der Waals surface area (Å²) in [6.45, 7) is 3.51. The highest BCUT2D eigenvalue weighted by Crippen LogP contribution is 2.26. The van der Waals surface area contributed by atoms with E-state index in [-0.39, 0.29) is 42.8 Å². The Kier molecular flexibility index (Phi) is 9.80. The van der Waals surface area contributed by atoms with Gasteiger partial charge in [0.2, 0.25) is 5.91 Å². The first-order valence-corrected chi connectivity index (χ1v) is 10.9. The molecule has 2 unspecified atom stereocenters. The quantitative estimate of drug-likeness (QED) is 0.725. The summed E-state index contributed by atoms with van der Waals surface area (Å²) in [5.41, 5.74) is 3.79. The first kappa shape index (κ1) is 24.0. The molecule has 2 aromatic rings. The van der Waals surface area contributed by atoms with Crippen LogP contribution in [0.1, 0.15) is 28.8 Å². The van der Waals surface area contributed by atoms with Crippen LogP contribution in [0.15, 0.2) is 54.6 Å². The van der Waals surface area contributed by atoms with Gasteiger partial charge in [-0.3, -0.25) is 9.69 Å². The smallest absolute Gasteiger partial charge is 0.242 e. The minimum Gasteiger partial charge on any atom is -0.353 e. The summed E-state index contributed by atoms with van der Waals surface area (Å²) < 4.78 is 0. The normalized spacial score (nSPS) is 19.8. The van der Waals surface area contributed by atoms with Gasteiger partial charge in [0.1, 0.15) is 6.04 Å². The highest BCUT2D eigenvalue weighted by atomic mass is 35.5. The Labute approximate surface area is 190 Å². The lowest BCUT2D eigenvalue weighted by Gasteiger charge is -2.34. The van der Waals surface area contributed by atoms with Gasteiger partial charge in [-0.05, 0) is 29.7 Å². The van der Waals surface area contributed by atoms with Crippen molar-refractivity contribution >= 4 is 42.5 Å². The highest BCUT2D eigenvalue weighted by Gasteiger charge is 2.29. The van der Waals surface area contributed by atoms with Crippen LogP contribution in [-0.4, -0.2) is 48.5 Å². The SMILES string of the molecule is Cl.Cl.O=C(NCC1NCCc2ccccc21)C(c1ccccc1)N1CCSCC1. The van der Waals surface area contributed by atoms with E-state index in [2.05, 4.69) is 51.9 Å². The number of hydrogen-bond donors (Lipinski definition) is 2. The van der Waals surface area contributed by atoms with Crippen molar-refractivity contribution in [3.8, 4) is 0 Å². The second kappa shape index (κ2) is 11.8. The lowest BCUT2D eigenvalue weighted by molar-refractivity contribution is -0.126. The van der Waals surface area contributed by atoms with Gasteiger partial charge in [0, 0.05) is 37.2 Å². The molecule has 2 aliphatic rings. The number of nitrogens with one attached hydrogen (secondary N) is 2. The second-order valence-electron chi connectivity index (χ2n) is 7.16. The van der Waals surface area contributed by atoms with Crippen LogP contribution in [0, 0.1) is 0 Å². The molecule has 1 amide bonds. The van der Waals surface area contributed by atoms with Crippen LogP contribution in [0.4, 0.5) is 0 Å². The van der Waals surface area contributed by atoms with Gasteiger partial charge in [-0.1, -0.05) is 54.6 Å². The monoisotopic (exact) mass is 453 g/mol. The molecular weight excluding hydrogens is 425 g/mol. The van der Waals surface area contributed by atoms with Crippen LogP contribution >= 0.6 is 36.6 Å². The number of carbonyl (C=O) groups excluding carboxylic acids is 1. The van der Waals surface area contributed by atoms with E-state index in [0.29, 0.717) is 6.54 Å². The zero-order chi connectivity index (χ0) is 18.5. The third-order valence-electron chi connectivity index (χ3n) is 5.47. The molecule has 4 nitrogen and oxygen atoms in total. The lowest BCUT2D eigenvalue weighted by Crippen LogP contribution is -2.46. The van der Waals surface area contributed by atoms with Gasteiger partial charge in [0.15, 0.2) is 0 Å². The predicted molar refractivity (Wildman–Crippen MR) is 126 cm³/mol. The summed E-state index contributed by atoms with van der Waals surface area (Å²) >= 11 is 1.97. The van der Waals surface area contributed by atoms with E-state index in [0.717, 1.165) is 43.1 Å². The topological polar surface area (TPSA) is 44.4 Å². The van der Waals surface area contributed by atoms with Crippen LogP contribution in [0.2, 0.25) is 0 Å². The zero-order valence-electron chi connectivity index (χ0n) is 16.4. The number of halogens is 2. The van der Waals surface area contributed by atoms with E-state index in [1.807, 2.05) is 30.0 Å². The minimum atomic E-state index is -0.203. The summed E-state index contributed by atoms with van der Waals surface area (Å²) in [7, 11) is 0. The number of benzene rings is 2. The number of thioether (sulfide) groups is 1. The van der Waals surface area contributed by atoms with Gasteiger partial charge in [-0.15, -0.1) is 24.8 Å². The molecule has 29 heavy (non-hydrogen) atoms. The largest absolute Gasteiger partial charge is 0.353 e. The molecule has 7 heteroatoms. The summed E-state index contributed by atoms with van der Waals surface area (Å²) in [5.74, 6) is 2.29. The molecule has 0 radical (unpaired) electrons. The third kappa shape index (κ3) is 5.89. The predicted octanol–water partition coefficient (Wildman–Crippen LogP) is 3.62. The van der Waals surface area contributed by atoms with Crippen LogP contribution in [0.25, 0.3) is 0 Å². The van der Waals surface area contributed by atoms with Crippen molar-refractivity contribution in [1.29, 1.82) is 0 Å². The van der Waals surface area contributed by atoms with Gasteiger partial charge < -0.3 is 10.6 Å². The maximum atomic E-state index is 13.2. The molecular formula is C22H29Cl2N3OS. The van der Waals surface area contributed by atoms with Crippen molar-refractivity contribution in [2.75, 3.05) is 37.7 Å². The average molecular weight is 454 g/mol. The van der Waals surface area contributed by atoms with Crippen LogP contribution in [0.5, 0.6) is 0 Å². The zero-order valence-corrected chi connectivity index (χ0v) is 18.8. The van der Waals surface area contributed by atoms with E-state index < -0.39 is 0 Å². The Balaban J connectivity index is 0.00000150. The van der Waals surface area contributed by atoms with Gasteiger partial charge in [0.05, 0.1) is 0 Å². The van der Waals surface area contributed by atoms with E-state index in [4.69, 9.17) is 0 Å². The van der Waals surface area contributed by atoms with Gasteiger partial charge in [-0.2, -0.15) is 11.8 Å². The third-order valence-corrected chi connectivity index (χ3v) is 6.41. The summed E-state index contributed by atoms with van der Waals surface area (Å²) in [6.07, 6.45) is 1.05. The molecule has 0 saturated carbocycles. The summed E-state index contributed by atoms with van der Waals surface area (Å²) in [6, 6.07) is 18.7. The average Bonchev–Trinajstić information content (AvgIpc) is 2.74. The molecule has 0 aliphatic carbocycles. The van der Waals surface area contributed by atoms with Crippen molar-refractivity contribution < 1.29 is 4.79 Å². The molecule has 0 spiro atoms. The molecule has 2 atom stereocenters. The Bertz CT molecular complexity index is 772. The number of amides is 1. The molecule has 158 valence electrons. The van der Waals surface area contributed by atoms with Gasteiger partial charge >= 0.3 is 0 Å². The van der Waals surface area contributed by atoms with Crippen molar-refractivity contribution in [1.82, 2.24) is 15.5 Å². The fraction of sp³-hybridized carbons (Fsp3) is 0.409. The molecule has 2 heterocycles. The maximum absolute atomic E-state index is 13.2. The first-order chi connectivity index (χ1) is 13.3. The van der Waals surface area contributed by atoms with E-state index in [9.17, 15) is 4.79 Å². The number of hydrogen-bond acceptors (Lipinski definition) is 4. The number of carbonyl (C=O) groups is 1. The van der Waals surface area contributed by atoms with Crippen molar-refractivity contribution in [3.05, 3.63) is 71.3 Å². The highest BCUT2D eigenvalue weighted by molar-refractivity contribution is 7.99. The Morgan fingerprint density at radius 2 is 1.76 bits per heavy atom. The van der Waals surface area contributed by atoms with Crippen molar-refractivity contribution in [3.63, 3.8) is 0 Å². The molecule has 1 saturated heterocycles. The first-order valence-electron chi connectivity index (χ1n) is 9.78. The summed E-state index contributed by atoms with van der Waals surface area (Å²) in [5, 5.41) is 6.80. The maximum Gasteiger partial charge on any atom is 0.242 e. The number of rotatable bonds is 5. The lowest BCUT2D eigenvalue weighted by atomic mass is 9.94. The van der Waals surface area contributed by atoms with Crippen molar-refractivity contribution in [2.45, 2.75) is 18.5 Å². The Morgan fingerprint density at radius 3 is 2.52 bits per heavy atom. The van der Waals surface area contributed by atoms with E-state index in [1.54, 1.807) is 0 Å². The van der Waals surface area contributed by atoms with Crippen LogP contribution in [0.3, 0.4) is 0 Å². The fourth-order valence-corrected chi connectivity index (χ4v) is 5.00. The fourth-order valence-electron chi connectivity index (χ4n) is 4.07. The van der Waals surface area contributed by atoms with Crippen LogP contribution < -0.4 is 10.6 Å². The Hall–Kier alpha value is -1.24. The molecule has 2 N–H and O–H groups in total. The van der Waals surface area contributed by atoms with Crippen LogP contribution in [-0.2, 0) is 11.2 Å². The second-order valence-corrected chi connectivity index (χ2v) is 8.39. The standard InChI is InChI=1S/C22H27N3OS.2ClH/c26-22(24-16-20-19-9-5-4-6-17(19)10-11-23-20)21(18-7-2-1-3-8-18)25-12-14-27-15-13-25;;/h1-9,20-21,23H,10-16H2,(H,24,26);2*1H.